The van der Waals surface area contributed by atoms with Gasteiger partial charge < -0.3 is 9.47 Å². The summed E-state index contributed by atoms with van der Waals surface area (Å²) < 4.78 is 10.4. The molecule has 0 fully saturated rings. The van der Waals surface area contributed by atoms with Crippen molar-refractivity contribution in [2.24, 2.45) is 11.8 Å². The van der Waals surface area contributed by atoms with Crippen LogP contribution in [0.25, 0.3) is 0 Å². The first-order chi connectivity index (χ1) is 5.13. The van der Waals surface area contributed by atoms with Gasteiger partial charge in [-0.05, 0) is 11.8 Å². The van der Waals surface area contributed by atoms with Crippen LogP contribution in [0.2, 0.25) is 0 Å². The minimum Gasteiger partial charge on any atom is -0.355 e. The van der Waals surface area contributed by atoms with Crippen LogP contribution in [0.5, 0.6) is 0 Å². The third-order valence-corrected chi connectivity index (χ3v) is 1.07. The number of rotatable bonds is 6. The highest BCUT2D eigenvalue weighted by Crippen LogP contribution is 1.95. The molecule has 0 spiro atoms. The third-order valence-electron chi connectivity index (χ3n) is 1.07. The zero-order chi connectivity index (χ0) is 8.69. The topological polar surface area (TPSA) is 18.5 Å². The number of hydrogen-bond donors (Lipinski definition) is 0. The summed E-state index contributed by atoms with van der Waals surface area (Å²) in [6, 6.07) is 0. The summed E-state index contributed by atoms with van der Waals surface area (Å²) in [4.78, 5) is 0. The second-order valence-electron chi connectivity index (χ2n) is 3.65. The van der Waals surface area contributed by atoms with Crippen molar-refractivity contribution in [3.05, 3.63) is 0 Å². The molecule has 0 rings (SSSR count). The minimum absolute atomic E-state index is 0. The van der Waals surface area contributed by atoms with E-state index >= 15 is 0 Å². The van der Waals surface area contributed by atoms with Gasteiger partial charge in [-0.1, -0.05) is 27.7 Å². The average molecular weight is 190 g/mol. The highest BCUT2D eigenvalue weighted by Gasteiger charge is 1.95. The first-order valence-electron chi connectivity index (χ1n) is 4.28. The Kier molecular flexibility index (Phi) is 11.9. The Morgan fingerprint density at radius 1 is 0.833 bits per heavy atom. The van der Waals surface area contributed by atoms with Crippen molar-refractivity contribution in [1.82, 2.24) is 0 Å². The van der Waals surface area contributed by atoms with Crippen LogP contribution < -0.4 is 0 Å². The first-order valence-corrected chi connectivity index (χ1v) is 4.28. The normalized spacial score (nSPS) is 10.5. The second-order valence-corrected chi connectivity index (χ2v) is 3.65. The zero-order valence-corrected chi connectivity index (χ0v) is 8.09. The fourth-order valence-electron chi connectivity index (χ4n) is 0.627. The smallest absolute Gasteiger partial charge is 0.187 e. The lowest BCUT2D eigenvalue weighted by Crippen LogP contribution is -2.09. The summed E-state index contributed by atoms with van der Waals surface area (Å²) in [6.07, 6.45) is 0. The van der Waals surface area contributed by atoms with Gasteiger partial charge in [-0.25, -0.2) is 0 Å². The Morgan fingerprint density at radius 2 is 1.17 bits per heavy atom. The molecule has 0 heterocycles. The summed E-state index contributed by atoms with van der Waals surface area (Å²) in [5.41, 5.74) is 0. The van der Waals surface area contributed by atoms with E-state index in [1.165, 1.54) is 0 Å². The third kappa shape index (κ3) is 13.1. The van der Waals surface area contributed by atoms with Crippen LogP contribution in [0.1, 0.15) is 27.7 Å². The van der Waals surface area contributed by atoms with Crippen molar-refractivity contribution in [1.29, 1.82) is 0 Å². The molecule has 2 nitrogen and oxygen atoms in total. The van der Waals surface area contributed by atoms with Crippen LogP contribution in [0.3, 0.4) is 0 Å². The molecule has 0 aromatic carbocycles. The summed E-state index contributed by atoms with van der Waals surface area (Å²) in [6.45, 7) is 10.5. The van der Waals surface area contributed by atoms with Crippen molar-refractivity contribution in [3.63, 3.8) is 0 Å². The van der Waals surface area contributed by atoms with Crippen molar-refractivity contribution < 1.29 is 9.47 Å². The molecule has 3 heteroatoms. The van der Waals surface area contributed by atoms with Gasteiger partial charge in [-0.2, -0.15) is 0 Å². The lowest BCUT2D eigenvalue weighted by molar-refractivity contribution is -0.0687. The quantitative estimate of drug-likeness (QED) is 0.355. The lowest BCUT2D eigenvalue weighted by atomic mass is 10.2. The number of ether oxygens (including phenoxy) is 2. The first kappa shape index (κ1) is 14.9. The van der Waals surface area contributed by atoms with E-state index in [2.05, 4.69) is 27.7 Å². The molecule has 0 saturated heterocycles. The maximum Gasteiger partial charge on any atom is 0.187 e. The Hall–Kier alpha value is 0.452. The van der Waals surface area contributed by atoms with Crippen LogP contribution in [-0.2, 0) is 9.47 Å². The van der Waals surface area contributed by atoms with E-state index in [-0.39, 0.29) is 17.4 Å². The fourth-order valence-corrected chi connectivity index (χ4v) is 0.627. The van der Waals surface area contributed by atoms with Crippen LogP contribution in [-0.4, -0.2) is 37.4 Å². The van der Waals surface area contributed by atoms with E-state index in [0.717, 1.165) is 13.2 Å². The maximum absolute atomic E-state index is 5.22. The molecule has 74 valence electrons. The summed E-state index contributed by atoms with van der Waals surface area (Å²) in [5.74, 6) is 1.19. The van der Waals surface area contributed by atoms with Crippen LogP contribution in [0.15, 0.2) is 0 Å². The van der Waals surface area contributed by atoms with E-state index in [1.54, 1.807) is 0 Å². The van der Waals surface area contributed by atoms with Crippen LogP contribution in [0, 0.1) is 11.8 Å². The zero-order valence-electron chi connectivity index (χ0n) is 8.09. The minimum atomic E-state index is 0. The van der Waals surface area contributed by atoms with Gasteiger partial charge in [0.05, 0.1) is 13.2 Å². The van der Waals surface area contributed by atoms with Gasteiger partial charge in [0, 0.05) is 0 Å². The summed E-state index contributed by atoms with van der Waals surface area (Å²) >= 11 is 0. The van der Waals surface area contributed by atoms with E-state index in [4.69, 9.17) is 9.47 Å². The van der Waals surface area contributed by atoms with Gasteiger partial charge in [0.2, 0.25) is 0 Å². The molecule has 0 radical (unpaired) electrons. The van der Waals surface area contributed by atoms with Gasteiger partial charge >= 0.3 is 0 Å². The molecule has 0 amide bonds. The predicted molar refractivity (Wildman–Crippen MR) is 56.4 cm³/mol. The average Bonchev–Trinajstić information content (AvgIpc) is 1.85. The van der Waals surface area contributed by atoms with Gasteiger partial charge in [0.15, 0.2) is 17.4 Å². The fraction of sp³-hybridized carbons (Fsp3) is 1.00. The van der Waals surface area contributed by atoms with Crippen molar-refractivity contribution >= 4 is 17.4 Å². The molecule has 0 aliphatic carbocycles. The largest absolute Gasteiger partial charge is 0.355 e. The maximum atomic E-state index is 5.22. The van der Waals surface area contributed by atoms with E-state index < -0.39 is 0 Å². The van der Waals surface area contributed by atoms with Gasteiger partial charge in [0.1, 0.15) is 6.79 Å². The van der Waals surface area contributed by atoms with Crippen molar-refractivity contribution in [3.8, 4) is 0 Å². The van der Waals surface area contributed by atoms with Gasteiger partial charge in [0.25, 0.3) is 0 Å². The molecule has 0 aromatic rings. The molecule has 0 saturated carbocycles. The second kappa shape index (κ2) is 9.54. The standard InChI is InChI=1S/C9H20O2.Al.3H/c1-8(2)5-10-7-11-6-9(3)4;;;;/h8-9H,5-7H2,1-4H3;;;;. The molecule has 0 bridgehead atoms. The van der Waals surface area contributed by atoms with Gasteiger partial charge in [-0.15, -0.1) is 0 Å². The molecule has 0 aliphatic heterocycles. The highest BCUT2D eigenvalue weighted by atomic mass is 27.0. The predicted octanol–water partition coefficient (Wildman–Crippen LogP) is 1.11. The molecule has 0 unspecified atom stereocenters. The summed E-state index contributed by atoms with van der Waals surface area (Å²) in [5, 5.41) is 0. The monoisotopic (exact) mass is 190 g/mol. The molecule has 0 atom stereocenters. The molecule has 12 heavy (non-hydrogen) atoms. The molecule has 0 aromatic heterocycles. The Labute approximate surface area is 86.8 Å². The number of hydrogen-bond acceptors (Lipinski definition) is 2. The summed E-state index contributed by atoms with van der Waals surface area (Å²) in [7, 11) is 0. The van der Waals surface area contributed by atoms with Crippen molar-refractivity contribution in [2.45, 2.75) is 27.7 Å². The molecule has 0 aliphatic rings. The SMILES string of the molecule is CC(C)COCOCC(C)C.[AlH3]. The van der Waals surface area contributed by atoms with Crippen LogP contribution >= 0.6 is 0 Å². The Balaban J connectivity index is 0. The van der Waals surface area contributed by atoms with E-state index in [0.29, 0.717) is 18.6 Å². The molecular formula is C9H23AlO2. The van der Waals surface area contributed by atoms with E-state index in [1.807, 2.05) is 0 Å². The van der Waals surface area contributed by atoms with E-state index in [9.17, 15) is 0 Å². The lowest BCUT2D eigenvalue weighted by Gasteiger charge is -2.08. The molecule has 0 N–H and O–H groups in total. The van der Waals surface area contributed by atoms with Crippen LogP contribution in [0.4, 0.5) is 0 Å². The Morgan fingerprint density at radius 3 is 1.42 bits per heavy atom. The van der Waals surface area contributed by atoms with Gasteiger partial charge in [-0.3, -0.25) is 0 Å². The molecular weight excluding hydrogens is 167 g/mol. The Bertz CT molecular complexity index is 74.6. The highest BCUT2D eigenvalue weighted by molar-refractivity contribution is 5.75. The van der Waals surface area contributed by atoms with Crippen molar-refractivity contribution in [2.75, 3.05) is 20.0 Å².